The van der Waals surface area contributed by atoms with Crippen molar-refractivity contribution in [1.82, 2.24) is 9.88 Å². The molecule has 0 radical (unpaired) electrons. The normalized spacial score (nSPS) is 20.1. The number of pyridine rings is 1. The first-order valence-electron chi connectivity index (χ1n) is 8.13. The van der Waals surface area contributed by atoms with Crippen LogP contribution in [-0.4, -0.2) is 44.4 Å². The van der Waals surface area contributed by atoms with Crippen LogP contribution in [0.1, 0.15) is 30.1 Å². The van der Waals surface area contributed by atoms with Gasteiger partial charge < -0.3 is 15.0 Å². The molecular weight excluding hydrogens is 342 g/mol. The van der Waals surface area contributed by atoms with Gasteiger partial charge in [0.25, 0.3) is 11.6 Å². The van der Waals surface area contributed by atoms with Gasteiger partial charge in [-0.15, -0.1) is 0 Å². The summed E-state index contributed by atoms with van der Waals surface area (Å²) < 4.78 is 0. The lowest BCUT2D eigenvalue weighted by Gasteiger charge is -2.36. The number of carbonyl (C=O) groups excluding carboxylic acids is 1. The molecule has 3 rings (SSSR count). The Morgan fingerprint density at radius 2 is 2.08 bits per heavy atom. The lowest BCUT2D eigenvalue weighted by molar-refractivity contribution is -0.384. The number of hydrogen-bond donors (Lipinski definition) is 2. The summed E-state index contributed by atoms with van der Waals surface area (Å²) in [5.41, 5.74) is -0.510. The molecule has 26 heavy (non-hydrogen) atoms. The highest BCUT2D eigenvalue weighted by Gasteiger charge is 2.35. The van der Waals surface area contributed by atoms with Crippen molar-refractivity contribution in [3.63, 3.8) is 0 Å². The van der Waals surface area contributed by atoms with Gasteiger partial charge in [-0.25, -0.2) is 4.79 Å². The third-order valence-electron chi connectivity index (χ3n) is 4.68. The Morgan fingerprint density at radius 3 is 2.73 bits per heavy atom. The van der Waals surface area contributed by atoms with Crippen LogP contribution in [0, 0.1) is 16.0 Å². The number of rotatable bonds is 3. The molecule has 2 heterocycles. The van der Waals surface area contributed by atoms with Crippen molar-refractivity contribution in [3.8, 4) is 0 Å². The number of amides is 1. The number of hydrogen-bond acceptors (Lipinski definition) is 5. The van der Waals surface area contributed by atoms with E-state index in [1.165, 1.54) is 23.1 Å². The predicted molar refractivity (Wildman–Crippen MR) is 92.1 cm³/mol. The number of H-pyrrole nitrogens is 1. The van der Waals surface area contributed by atoms with Crippen molar-refractivity contribution < 1.29 is 19.6 Å². The van der Waals surface area contributed by atoms with Crippen LogP contribution in [0.3, 0.4) is 0 Å². The van der Waals surface area contributed by atoms with Crippen LogP contribution < -0.4 is 5.56 Å². The largest absolute Gasteiger partial charge is 0.480 e. The molecule has 1 aliphatic heterocycles. The molecule has 1 aromatic heterocycles. The van der Waals surface area contributed by atoms with Gasteiger partial charge in [-0.1, -0.05) is 6.92 Å². The summed E-state index contributed by atoms with van der Waals surface area (Å²) in [7, 11) is 0. The Bertz CT molecular complexity index is 967. The fourth-order valence-corrected chi connectivity index (χ4v) is 3.31. The molecule has 2 atom stereocenters. The molecule has 9 heteroatoms. The third kappa shape index (κ3) is 3.15. The molecule has 1 aliphatic rings. The number of benzene rings is 1. The number of aromatic nitrogens is 1. The number of carboxylic acids is 1. The van der Waals surface area contributed by atoms with E-state index in [1.54, 1.807) is 0 Å². The molecule has 0 aliphatic carbocycles. The molecule has 0 bridgehead atoms. The number of nitro groups is 1. The summed E-state index contributed by atoms with van der Waals surface area (Å²) in [6.45, 7) is 2.17. The number of piperidine rings is 1. The van der Waals surface area contributed by atoms with Crippen LogP contribution in [0.5, 0.6) is 0 Å². The van der Waals surface area contributed by atoms with Gasteiger partial charge in [-0.2, -0.15) is 0 Å². The number of likely N-dealkylation sites (tertiary alicyclic amines) is 1. The van der Waals surface area contributed by atoms with E-state index in [4.69, 9.17) is 0 Å². The zero-order valence-electron chi connectivity index (χ0n) is 14.0. The van der Waals surface area contributed by atoms with Crippen molar-refractivity contribution in [2.75, 3.05) is 6.54 Å². The highest BCUT2D eigenvalue weighted by atomic mass is 16.6. The van der Waals surface area contributed by atoms with Gasteiger partial charge in [0.05, 0.1) is 10.5 Å². The molecule has 1 fully saturated rings. The first-order valence-corrected chi connectivity index (χ1v) is 8.13. The summed E-state index contributed by atoms with van der Waals surface area (Å²) >= 11 is 0. The van der Waals surface area contributed by atoms with Crippen LogP contribution in [0.2, 0.25) is 0 Å². The number of fused-ring (bicyclic) bond motifs is 1. The second-order valence-electron chi connectivity index (χ2n) is 6.52. The summed E-state index contributed by atoms with van der Waals surface area (Å²) in [6.07, 6.45) is 0.971. The molecule has 1 saturated heterocycles. The number of nitrogens with one attached hydrogen (secondary N) is 1. The van der Waals surface area contributed by atoms with Crippen molar-refractivity contribution >= 4 is 28.5 Å². The van der Waals surface area contributed by atoms with Gasteiger partial charge in [-0.3, -0.25) is 19.7 Å². The predicted octanol–water partition coefficient (Wildman–Crippen LogP) is 1.76. The Balaban J connectivity index is 2.12. The maximum atomic E-state index is 13.0. The third-order valence-corrected chi connectivity index (χ3v) is 4.68. The molecule has 0 spiro atoms. The number of aliphatic carboxylic acids is 1. The van der Waals surface area contributed by atoms with E-state index in [1.807, 2.05) is 6.92 Å². The number of nitrogens with zero attached hydrogens (tertiary/aromatic N) is 2. The summed E-state index contributed by atoms with van der Waals surface area (Å²) in [5.74, 6) is -1.55. The van der Waals surface area contributed by atoms with Gasteiger partial charge >= 0.3 is 5.97 Å². The van der Waals surface area contributed by atoms with E-state index >= 15 is 0 Å². The fourth-order valence-electron chi connectivity index (χ4n) is 3.31. The average molecular weight is 359 g/mol. The minimum atomic E-state index is -1.11. The van der Waals surface area contributed by atoms with E-state index in [2.05, 4.69) is 4.98 Å². The Morgan fingerprint density at radius 1 is 1.35 bits per heavy atom. The van der Waals surface area contributed by atoms with Crippen LogP contribution in [-0.2, 0) is 4.79 Å². The second kappa shape index (κ2) is 6.58. The van der Waals surface area contributed by atoms with Crippen LogP contribution in [0.15, 0.2) is 29.1 Å². The first-order chi connectivity index (χ1) is 12.3. The molecular formula is C17H17N3O6. The maximum Gasteiger partial charge on any atom is 0.326 e. The molecule has 2 N–H and O–H groups in total. The number of non-ortho nitro benzene ring substituents is 1. The zero-order valence-corrected chi connectivity index (χ0v) is 14.0. The first kappa shape index (κ1) is 17.6. The molecule has 2 aromatic rings. The van der Waals surface area contributed by atoms with E-state index < -0.39 is 28.4 Å². The number of aromatic amines is 1. The maximum absolute atomic E-state index is 13.0. The Kier molecular flexibility index (Phi) is 4.45. The van der Waals surface area contributed by atoms with Gasteiger partial charge in [0.1, 0.15) is 6.04 Å². The zero-order chi connectivity index (χ0) is 19.0. The van der Waals surface area contributed by atoms with E-state index in [-0.39, 0.29) is 34.6 Å². The van der Waals surface area contributed by atoms with Crippen molar-refractivity contribution in [2.45, 2.75) is 25.8 Å². The highest BCUT2D eigenvalue weighted by molar-refractivity contribution is 6.07. The standard InChI is InChI=1S/C17H17N3O6/c1-9-4-5-19(14(6-9)17(23)24)16(22)12-8-15(21)18-13-3-2-10(20(25)26)7-11(12)13/h2-3,7-9,14H,4-6H2,1H3,(H,18,21)(H,23,24). The summed E-state index contributed by atoms with van der Waals surface area (Å²) in [5, 5.41) is 20.7. The van der Waals surface area contributed by atoms with Crippen LogP contribution >= 0.6 is 0 Å². The Hall–Kier alpha value is -3.23. The highest BCUT2D eigenvalue weighted by Crippen LogP contribution is 2.27. The molecule has 9 nitrogen and oxygen atoms in total. The quantitative estimate of drug-likeness (QED) is 0.633. The van der Waals surface area contributed by atoms with Crippen LogP contribution in [0.25, 0.3) is 10.9 Å². The van der Waals surface area contributed by atoms with Crippen molar-refractivity contribution in [2.24, 2.45) is 5.92 Å². The van der Waals surface area contributed by atoms with Gasteiger partial charge in [-0.05, 0) is 24.8 Å². The number of carbonyl (C=O) groups is 2. The summed E-state index contributed by atoms with van der Waals surface area (Å²) in [6, 6.07) is 3.87. The monoisotopic (exact) mass is 359 g/mol. The van der Waals surface area contributed by atoms with E-state index in [0.717, 1.165) is 6.07 Å². The lowest BCUT2D eigenvalue weighted by Crippen LogP contribution is -2.50. The molecule has 136 valence electrons. The molecule has 2 unspecified atom stereocenters. The topological polar surface area (TPSA) is 134 Å². The van der Waals surface area contributed by atoms with E-state index in [9.17, 15) is 29.6 Å². The van der Waals surface area contributed by atoms with Crippen molar-refractivity contribution in [3.05, 3.63) is 50.3 Å². The number of nitro benzene ring substituents is 1. The van der Waals surface area contributed by atoms with Crippen LogP contribution in [0.4, 0.5) is 5.69 Å². The van der Waals surface area contributed by atoms with E-state index in [0.29, 0.717) is 12.8 Å². The fraction of sp³-hybridized carbons (Fsp3) is 0.353. The average Bonchev–Trinajstić information content (AvgIpc) is 2.59. The minimum Gasteiger partial charge on any atom is -0.480 e. The molecule has 0 saturated carbocycles. The number of carboxylic acid groups (broad SMARTS) is 1. The molecule has 1 aromatic carbocycles. The smallest absolute Gasteiger partial charge is 0.326 e. The van der Waals surface area contributed by atoms with Gasteiger partial charge in [0.15, 0.2) is 0 Å². The SMILES string of the molecule is CC1CCN(C(=O)c2cc(=O)[nH]c3ccc([N+](=O)[O-])cc23)C(C(=O)O)C1. The van der Waals surface area contributed by atoms with Gasteiger partial charge in [0.2, 0.25) is 5.56 Å². The minimum absolute atomic E-state index is 0.0340. The second-order valence-corrected chi connectivity index (χ2v) is 6.52. The lowest BCUT2D eigenvalue weighted by atomic mass is 9.91. The van der Waals surface area contributed by atoms with Gasteiger partial charge in [0, 0.05) is 35.6 Å². The Labute approximate surface area is 147 Å². The van der Waals surface area contributed by atoms with Crippen molar-refractivity contribution in [1.29, 1.82) is 0 Å². The molecule has 1 amide bonds. The summed E-state index contributed by atoms with van der Waals surface area (Å²) in [4.78, 5) is 50.7.